The van der Waals surface area contributed by atoms with Gasteiger partial charge in [-0.05, 0) is 57.8 Å². The van der Waals surface area contributed by atoms with Gasteiger partial charge in [-0.25, -0.2) is 0 Å². The minimum atomic E-state index is -1.97. The van der Waals surface area contributed by atoms with Crippen molar-refractivity contribution in [1.29, 1.82) is 0 Å². The van der Waals surface area contributed by atoms with Crippen LogP contribution in [0.15, 0.2) is 60.8 Å². The van der Waals surface area contributed by atoms with E-state index in [9.17, 15) is 61.0 Å². The van der Waals surface area contributed by atoms with Crippen LogP contribution < -0.4 is 5.32 Å². The Morgan fingerprint density at radius 1 is 0.359 bits per heavy atom. The van der Waals surface area contributed by atoms with E-state index >= 15 is 0 Å². The largest absolute Gasteiger partial charge is 0.394 e. The number of unbranched alkanes of at least 4 members (excludes halogenated alkanes) is 41. The molecule has 3 heterocycles. The Kier molecular flexibility index (Phi) is 59.1. The molecular weight excluding hydrogens is 1310 g/mol. The number of hydrogen-bond donors (Lipinski definition) is 12. The van der Waals surface area contributed by atoms with Crippen LogP contribution in [0.2, 0.25) is 0 Å². The smallest absolute Gasteiger partial charge is 0.220 e. The number of aliphatic hydroxyl groups is 11. The summed E-state index contributed by atoms with van der Waals surface area (Å²) in [5, 5.41) is 121. The zero-order chi connectivity index (χ0) is 74.6. The fourth-order valence-electron chi connectivity index (χ4n) is 14.2. The highest BCUT2D eigenvalue weighted by Gasteiger charge is 2.54. The third-order valence-electron chi connectivity index (χ3n) is 20.9. The van der Waals surface area contributed by atoms with Crippen molar-refractivity contribution in [2.75, 3.05) is 26.4 Å². The zero-order valence-electron chi connectivity index (χ0n) is 64.5. The molecule has 3 aliphatic rings. The summed E-state index contributed by atoms with van der Waals surface area (Å²) < 4.78 is 34.6. The molecule has 12 N–H and O–H groups in total. The zero-order valence-corrected chi connectivity index (χ0v) is 64.5. The molecule has 3 saturated heterocycles. The number of aliphatic hydroxyl groups excluding tert-OH is 11. The lowest BCUT2D eigenvalue weighted by molar-refractivity contribution is -0.379. The first-order chi connectivity index (χ1) is 50.3. The van der Waals surface area contributed by atoms with E-state index in [4.69, 9.17) is 28.4 Å². The van der Waals surface area contributed by atoms with Gasteiger partial charge < -0.3 is 89.9 Å². The molecule has 0 aliphatic carbocycles. The van der Waals surface area contributed by atoms with Gasteiger partial charge in [-0.3, -0.25) is 4.79 Å². The van der Waals surface area contributed by atoms with Crippen molar-refractivity contribution < 1.29 is 89.4 Å². The molecule has 602 valence electrons. The number of ether oxygens (including phenoxy) is 6. The lowest BCUT2D eigenvalue weighted by atomic mass is 9.96. The van der Waals surface area contributed by atoms with Gasteiger partial charge in [0.25, 0.3) is 0 Å². The molecule has 103 heavy (non-hydrogen) atoms. The Hall–Kier alpha value is -2.51. The van der Waals surface area contributed by atoms with E-state index < -0.39 is 124 Å². The number of allylic oxidation sites excluding steroid dienone is 10. The summed E-state index contributed by atoms with van der Waals surface area (Å²) in [5.74, 6) is -0.241. The van der Waals surface area contributed by atoms with Crippen LogP contribution in [0.3, 0.4) is 0 Å². The fourth-order valence-corrected chi connectivity index (χ4v) is 14.2. The van der Waals surface area contributed by atoms with Crippen LogP contribution in [0, 0.1) is 0 Å². The monoisotopic (exact) mass is 1460 g/mol. The van der Waals surface area contributed by atoms with Gasteiger partial charge in [0.15, 0.2) is 18.9 Å². The Labute approximate surface area is 624 Å². The quantitative estimate of drug-likeness (QED) is 0.0199. The number of nitrogens with one attached hydrogen (secondary N) is 1. The standard InChI is InChI=1S/C84H153NO18/c1-3-5-7-9-11-13-15-17-19-21-23-25-27-29-31-33-35-37-39-41-43-45-47-49-51-53-55-57-59-61-68(89)67(85-72(90)62-60-58-56-54-52-50-48-46-44-42-40-38-36-34-32-30-28-26-24-22-20-18-16-14-12-10-8-6-4-2)66-98-82-78(96)75(93)80(70(64-87)100-82)103-84-79(97)76(94)81(71(65-88)101-84)102-83-77(95)74(92)73(91)69(63-86)99-83/h6,8,12,14,18,20,24,26,30,32,67-71,73-84,86-89,91-97H,3-5,7,9-11,13,15-17,19,21-23,25,27-29,31,33-66H2,1-2H3,(H,85,90)/b8-6-,14-12-,20-18-,26-24-,32-30-. The maximum Gasteiger partial charge on any atom is 0.220 e. The lowest BCUT2D eigenvalue weighted by Gasteiger charge is -2.48. The maximum atomic E-state index is 13.5. The van der Waals surface area contributed by atoms with E-state index in [1.54, 1.807) is 0 Å². The van der Waals surface area contributed by atoms with Crippen LogP contribution in [0.1, 0.15) is 335 Å². The molecule has 0 radical (unpaired) electrons. The van der Waals surface area contributed by atoms with E-state index in [-0.39, 0.29) is 18.9 Å². The number of amides is 1. The van der Waals surface area contributed by atoms with Crippen LogP contribution >= 0.6 is 0 Å². The molecule has 0 aromatic heterocycles. The average molecular weight is 1470 g/mol. The molecule has 17 unspecified atom stereocenters. The van der Waals surface area contributed by atoms with Crippen molar-refractivity contribution in [3.63, 3.8) is 0 Å². The number of hydrogen-bond acceptors (Lipinski definition) is 18. The Bertz CT molecular complexity index is 2090. The van der Waals surface area contributed by atoms with Gasteiger partial charge in [-0.2, -0.15) is 0 Å². The third kappa shape index (κ3) is 44.1. The van der Waals surface area contributed by atoms with Crippen molar-refractivity contribution in [2.24, 2.45) is 0 Å². The summed E-state index contributed by atoms with van der Waals surface area (Å²) in [7, 11) is 0. The molecular formula is C84H153NO18. The molecule has 3 fully saturated rings. The summed E-state index contributed by atoms with van der Waals surface area (Å²) in [6.45, 7) is 1.73. The van der Waals surface area contributed by atoms with Crippen molar-refractivity contribution in [1.82, 2.24) is 5.32 Å². The number of rotatable bonds is 67. The van der Waals surface area contributed by atoms with Crippen LogP contribution in [0.5, 0.6) is 0 Å². The maximum absolute atomic E-state index is 13.5. The van der Waals surface area contributed by atoms with Crippen molar-refractivity contribution in [3.05, 3.63) is 60.8 Å². The minimum Gasteiger partial charge on any atom is -0.394 e. The topological polar surface area (TPSA) is 307 Å². The van der Waals surface area contributed by atoms with Gasteiger partial charge in [0.05, 0.1) is 38.6 Å². The molecule has 3 aliphatic heterocycles. The van der Waals surface area contributed by atoms with Crippen molar-refractivity contribution in [3.8, 4) is 0 Å². The van der Waals surface area contributed by atoms with E-state index in [0.717, 1.165) is 83.5 Å². The highest BCUT2D eigenvalue weighted by molar-refractivity contribution is 5.76. The molecule has 1 amide bonds. The molecule has 17 atom stereocenters. The molecule has 19 heteroatoms. The van der Waals surface area contributed by atoms with Crippen LogP contribution in [0.4, 0.5) is 0 Å². The SMILES string of the molecule is CC/C=C\C/C=C\C/C=C\C/C=C\C/C=C\CCCCCCCCCCCCCCCC(=O)NC(COC1OC(CO)C(OC2OC(CO)C(OC3OC(CO)C(O)C(O)C3O)C(O)C2O)C(O)C1O)C(O)CCCCCCCCCCCCCCCCCCCCCCCCCCCCCCC. The summed E-state index contributed by atoms with van der Waals surface area (Å²) in [6.07, 6.45) is 55.9. The molecule has 0 aromatic carbocycles. The Morgan fingerprint density at radius 2 is 0.670 bits per heavy atom. The first-order valence-corrected chi connectivity index (χ1v) is 42.0. The van der Waals surface area contributed by atoms with Crippen molar-refractivity contribution >= 4 is 5.91 Å². The Morgan fingerprint density at radius 3 is 1.05 bits per heavy atom. The van der Waals surface area contributed by atoms with Crippen LogP contribution in [-0.2, 0) is 33.2 Å². The fraction of sp³-hybridized carbons (Fsp3) is 0.869. The van der Waals surface area contributed by atoms with E-state index in [2.05, 4.69) is 79.9 Å². The molecule has 0 bridgehead atoms. The third-order valence-corrected chi connectivity index (χ3v) is 20.9. The average Bonchev–Trinajstić information content (AvgIpc) is 0.781. The summed E-state index contributed by atoms with van der Waals surface area (Å²) in [6, 6.07) is -0.892. The first kappa shape index (κ1) is 94.7. The lowest BCUT2D eigenvalue weighted by Crippen LogP contribution is -2.66. The second kappa shape index (κ2) is 64.3. The predicted molar refractivity (Wildman–Crippen MR) is 411 cm³/mol. The normalized spacial score (nSPS) is 26.3. The molecule has 0 saturated carbocycles. The van der Waals surface area contributed by atoms with Crippen molar-refractivity contribution in [2.45, 2.75) is 439 Å². The van der Waals surface area contributed by atoms with Gasteiger partial charge >= 0.3 is 0 Å². The highest BCUT2D eigenvalue weighted by Crippen LogP contribution is 2.33. The predicted octanol–water partition coefficient (Wildman–Crippen LogP) is 14.6. The second-order valence-corrected chi connectivity index (χ2v) is 29.9. The molecule has 3 rings (SSSR count). The van der Waals surface area contributed by atoms with E-state index in [1.807, 2.05) is 0 Å². The van der Waals surface area contributed by atoms with Crippen LogP contribution in [0.25, 0.3) is 0 Å². The molecule has 0 spiro atoms. The van der Waals surface area contributed by atoms with Gasteiger partial charge in [-0.15, -0.1) is 0 Å². The van der Waals surface area contributed by atoms with E-state index in [0.29, 0.717) is 12.8 Å². The molecule has 19 nitrogen and oxygen atoms in total. The second-order valence-electron chi connectivity index (χ2n) is 29.9. The first-order valence-electron chi connectivity index (χ1n) is 42.0. The molecule has 0 aromatic rings. The summed E-state index contributed by atoms with van der Waals surface area (Å²) in [4.78, 5) is 13.5. The Balaban J connectivity index is 1.35. The minimum absolute atomic E-state index is 0.241. The summed E-state index contributed by atoms with van der Waals surface area (Å²) in [5.41, 5.74) is 0. The van der Waals surface area contributed by atoms with Gasteiger partial charge in [0.2, 0.25) is 5.91 Å². The van der Waals surface area contributed by atoms with Crippen LogP contribution in [-0.4, -0.2) is 193 Å². The van der Waals surface area contributed by atoms with Gasteiger partial charge in [0, 0.05) is 6.42 Å². The summed E-state index contributed by atoms with van der Waals surface area (Å²) >= 11 is 0. The number of carbonyl (C=O) groups excluding carboxylic acids is 1. The number of carbonyl (C=O) groups is 1. The van der Waals surface area contributed by atoms with Gasteiger partial charge in [0.1, 0.15) is 73.2 Å². The van der Waals surface area contributed by atoms with Gasteiger partial charge in [-0.1, -0.05) is 331 Å². The highest BCUT2D eigenvalue weighted by atomic mass is 16.8. The van der Waals surface area contributed by atoms with E-state index in [1.165, 1.54) is 218 Å².